The summed E-state index contributed by atoms with van der Waals surface area (Å²) in [5.41, 5.74) is 1.51. The third-order valence-corrected chi connectivity index (χ3v) is 2.52. The molecule has 0 atom stereocenters. The molecule has 15 heavy (non-hydrogen) atoms. The normalized spacial score (nSPS) is 11.2. The van der Waals surface area contributed by atoms with Crippen LogP contribution < -0.4 is 5.32 Å². The third-order valence-electron chi connectivity index (χ3n) is 2.03. The van der Waals surface area contributed by atoms with Crippen molar-refractivity contribution in [2.24, 2.45) is 0 Å². The summed E-state index contributed by atoms with van der Waals surface area (Å²) in [5.74, 6) is 0. The zero-order valence-electron chi connectivity index (χ0n) is 8.97. The number of hydrogen-bond donors (Lipinski definition) is 2. The van der Waals surface area contributed by atoms with Crippen LogP contribution in [0, 0.1) is 0 Å². The molecule has 0 bridgehead atoms. The molecule has 3 nitrogen and oxygen atoms in total. The molecule has 1 aromatic carbocycles. The Morgan fingerprint density at radius 1 is 1.40 bits per heavy atom. The number of anilines is 1. The van der Waals surface area contributed by atoms with Crippen molar-refractivity contribution in [2.75, 3.05) is 5.32 Å². The summed E-state index contributed by atoms with van der Waals surface area (Å²) < 4.78 is 0.948. The smallest absolute Gasteiger partial charge is 0.409 e. The third kappa shape index (κ3) is 3.23. The average Bonchev–Trinajstić information content (AvgIpc) is 2.05. The summed E-state index contributed by atoms with van der Waals surface area (Å²) in [6.45, 7) is 6.13. The van der Waals surface area contributed by atoms with E-state index in [-0.39, 0.29) is 5.41 Å². The Hall–Kier alpha value is -1.03. The molecule has 0 aliphatic carbocycles. The molecule has 0 saturated carbocycles. The van der Waals surface area contributed by atoms with Gasteiger partial charge in [0.2, 0.25) is 0 Å². The van der Waals surface area contributed by atoms with Crippen molar-refractivity contribution in [3.63, 3.8) is 0 Å². The van der Waals surface area contributed by atoms with Gasteiger partial charge in [-0.1, -0.05) is 36.7 Å². The standard InChI is InChI=1S/C11H14BrNO2/c1-11(2,3)8-6-7(12)4-5-9(8)13-10(14)15/h4-6,13H,1-3H3,(H,14,15). The Morgan fingerprint density at radius 2 is 2.00 bits per heavy atom. The van der Waals surface area contributed by atoms with Crippen LogP contribution in [0.1, 0.15) is 26.3 Å². The Kier molecular flexibility index (Phi) is 3.39. The second-order valence-electron chi connectivity index (χ2n) is 4.37. The van der Waals surface area contributed by atoms with E-state index in [0.717, 1.165) is 10.0 Å². The lowest BCUT2D eigenvalue weighted by Crippen LogP contribution is -2.17. The molecule has 0 spiro atoms. The number of nitrogens with one attached hydrogen (secondary N) is 1. The molecule has 0 aliphatic heterocycles. The van der Waals surface area contributed by atoms with Crippen LogP contribution in [0.5, 0.6) is 0 Å². The summed E-state index contributed by atoms with van der Waals surface area (Å²) in [6.07, 6.45) is -1.04. The van der Waals surface area contributed by atoms with E-state index in [0.29, 0.717) is 5.69 Å². The Balaban J connectivity index is 3.20. The SMILES string of the molecule is CC(C)(C)c1cc(Br)ccc1NC(=O)O. The number of amides is 1. The molecule has 4 heteroatoms. The molecule has 0 unspecified atom stereocenters. The summed E-state index contributed by atoms with van der Waals surface area (Å²) in [5, 5.41) is 11.1. The van der Waals surface area contributed by atoms with Crippen LogP contribution in [-0.2, 0) is 5.41 Å². The van der Waals surface area contributed by atoms with Crippen molar-refractivity contribution < 1.29 is 9.90 Å². The van der Waals surface area contributed by atoms with Gasteiger partial charge in [-0.05, 0) is 29.2 Å². The van der Waals surface area contributed by atoms with Crippen molar-refractivity contribution in [3.8, 4) is 0 Å². The first kappa shape index (κ1) is 12.0. The van der Waals surface area contributed by atoms with Gasteiger partial charge in [0.1, 0.15) is 0 Å². The topological polar surface area (TPSA) is 49.3 Å². The molecular formula is C11H14BrNO2. The van der Waals surface area contributed by atoms with Crippen LogP contribution in [0.3, 0.4) is 0 Å². The minimum atomic E-state index is -1.04. The number of hydrogen-bond acceptors (Lipinski definition) is 1. The second-order valence-corrected chi connectivity index (χ2v) is 5.29. The second kappa shape index (κ2) is 4.23. The van der Waals surface area contributed by atoms with Gasteiger partial charge in [0.25, 0.3) is 0 Å². The highest BCUT2D eigenvalue weighted by Crippen LogP contribution is 2.31. The van der Waals surface area contributed by atoms with Crippen molar-refractivity contribution in [3.05, 3.63) is 28.2 Å². The lowest BCUT2D eigenvalue weighted by atomic mass is 9.86. The molecule has 0 fully saturated rings. The van der Waals surface area contributed by atoms with E-state index in [1.54, 1.807) is 6.07 Å². The van der Waals surface area contributed by atoms with E-state index >= 15 is 0 Å². The molecule has 1 amide bonds. The van der Waals surface area contributed by atoms with E-state index in [4.69, 9.17) is 5.11 Å². The first-order valence-electron chi connectivity index (χ1n) is 4.60. The Morgan fingerprint density at radius 3 is 2.47 bits per heavy atom. The lowest BCUT2D eigenvalue weighted by Gasteiger charge is -2.22. The van der Waals surface area contributed by atoms with Gasteiger partial charge in [-0.3, -0.25) is 5.32 Å². The van der Waals surface area contributed by atoms with Gasteiger partial charge in [-0.2, -0.15) is 0 Å². The lowest BCUT2D eigenvalue weighted by molar-refractivity contribution is 0.209. The fraction of sp³-hybridized carbons (Fsp3) is 0.364. The van der Waals surface area contributed by atoms with Gasteiger partial charge in [-0.25, -0.2) is 4.79 Å². The number of carboxylic acid groups (broad SMARTS) is 1. The van der Waals surface area contributed by atoms with Crippen LogP contribution in [0.2, 0.25) is 0 Å². The molecule has 82 valence electrons. The van der Waals surface area contributed by atoms with Crippen molar-refractivity contribution >= 4 is 27.7 Å². The van der Waals surface area contributed by atoms with Gasteiger partial charge < -0.3 is 5.11 Å². The number of carbonyl (C=O) groups is 1. The predicted molar refractivity (Wildman–Crippen MR) is 64.5 cm³/mol. The predicted octanol–water partition coefficient (Wildman–Crippen LogP) is 3.84. The molecule has 2 N–H and O–H groups in total. The molecule has 0 heterocycles. The van der Waals surface area contributed by atoms with Gasteiger partial charge in [0.05, 0.1) is 0 Å². The highest BCUT2D eigenvalue weighted by Gasteiger charge is 2.19. The molecule has 0 aromatic heterocycles. The molecule has 1 rings (SSSR count). The van der Waals surface area contributed by atoms with E-state index in [2.05, 4.69) is 21.2 Å². The molecule has 0 aliphatic rings. The zero-order valence-corrected chi connectivity index (χ0v) is 10.6. The number of rotatable bonds is 1. The van der Waals surface area contributed by atoms with Crippen LogP contribution >= 0.6 is 15.9 Å². The van der Waals surface area contributed by atoms with Crippen molar-refractivity contribution in [1.82, 2.24) is 0 Å². The van der Waals surface area contributed by atoms with Crippen molar-refractivity contribution in [1.29, 1.82) is 0 Å². The Bertz CT molecular complexity index is 383. The monoisotopic (exact) mass is 271 g/mol. The van der Waals surface area contributed by atoms with Gasteiger partial charge >= 0.3 is 6.09 Å². The number of benzene rings is 1. The largest absolute Gasteiger partial charge is 0.465 e. The quantitative estimate of drug-likeness (QED) is 0.816. The van der Waals surface area contributed by atoms with Gasteiger partial charge in [-0.15, -0.1) is 0 Å². The maximum atomic E-state index is 10.6. The first-order chi connectivity index (χ1) is 6.80. The average molecular weight is 272 g/mol. The summed E-state index contributed by atoms with van der Waals surface area (Å²) in [7, 11) is 0. The summed E-state index contributed by atoms with van der Waals surface area (Å²) >= 11 is 3.38. The Labute approximate surface area is 97.6 Å². The maximum absolute atomic E-state index is 10.6. The van der Waals surface area contributed by atoms with Crippen LogP contribution in [0.15, 0.2) is 22.7 Å². The highest BCUT2D eigenvalue weighted by molar-refractivity contribution is 9.10. The minimum Gasteiger partial charge on any atom is -0.465 e. The summed E-state index contributed by atoms with van der Waals surface area (Å²) in [6, 6.07) is 5.52. The van der Waals surface area contributed by atoms with Crippen molar-refractivity contribution in [2.45, 2.75) is 26.2 Å². The van der Waals surface area contributed by atoms with Crippen LogP contribution in [-0.4, -0.2) is 11.2 Å². The van der Waals surface area contributed by atoms with Crippen LogP contribution in [0.4, 0.5) is 10.5 Å². The molecule has 0 radical (unpaired) electrons. The van der Waals surface area contributed by atoms with Crippen LogP contribution in [0.25, 0.3) is 0 Å². The van der Waals surface area contributed by atoms with E-state index in [1.807, 2.05) is 32.9 Å². The van der Waals surface area contributed by atoms with Gasteiger partial charge in [0.15, 0.2) is 0 Å². The minimum absolute atomic E-state index is 0.0957. The fourth-order valence-electron chi connectivity index (χ4n) is 1.36. The van der Waals surface area contributed by atoms with E-state index in [9.17, 15) is 4.79 Å². The van der Waals surface area contributed by atoms with E-state index < -0.39 is 6.09 Å². The maximum Gasteiger partial charge on any atom is 0.409 e. The first-order valence-corrected chi connectivity index (χ1v) is 5.40. The number of halogens is 1. The molecule has 0 saturated heterocycles. The van der Waals surface area contributed by atoms with Gasteiger partial charge in [0, 0.05) is 10.2 Å². The van der Waals surface area contributed by atoms with E-state index in [1.165, 1.54) is 0 Å². The highest BCUT2D eigenvalue weighted by atomic mass is 79.9. The molecular weight excluding hydrogens is 258 g/mol. The zero-order chi connectivity index (χ0) is 11.6. The fourth-order valence-corrected chi connectivity index (χ4v) is 1.72. The molecule has 1 aromatic rings. The summed E-state index contributed by atoms with van der Waals surface area (Å²) in [4.78, 5) is 10.6.